The SMILES string of the molecule is CC(=O)Nc1cccc(-n2c(C)nnc2SCc2nnsc2Cl)c1. The molecule has 0 saturated heterocycles. The summed E-state index contributed by atoms with van der Waals surface area (Å²) in [6, 6.07) is 7.51. The van der Waals surface area contributed by atoms with Crippen LogP contribution in [0.1, 0.15) is 18.4 Å². The number of hydrogen-bond acceptors (Lipinski definition) is 7. The first-order valence-corrected chi connectivity index (χ1v) is 9.08. The lowest BCUT2D eigenvalue weighted by Gasteiger charge is -2.10. The van der Waals surface area contributed by atoms with Gasteiger partial charge in [0.1, 0.15) is 15.9 Å². The van der Waals surface area contributed by atoms with E-state index in [1.165, 1.54) is 18.7 Å². The number of nitrogens with zero attached hydrogens (tertiary/aromatic N) is 5. The third-order valence-corrected chi connectivity index (χ3v) is 4.99. The van der Waals surface area contributed by atoms with Gasteiger partial charge < -0.3 is 5.32 Å². The van der Waals surface area contributed by atoms with Gasteiger partial charge in [0.15, 0.2) is 5.16 Å². The molecule has 7 nitrogen and oxygen atoms in total. The van der Waals surface area contributed by atoms with Gasteiger partial charge in [-0.05, 0) is 25.1 Å². The Balaban J connectivity index is 1.87. The van der Waals surface area contributed by atoms with Gasteiger partial charge >= 0.3 is 0 Å². The van der Waals surface area contributed by atoms with Gasteiger partial charge in [0.25, 0.3) is 0 Å². The van der Waals surface area contributed by atoms with Crippen molar-refractivity contribution in [3.05, 3.63) is 40.1 Å². The van der Waals surface area contributed by atoms with Gasteiger partial charge in [-0.1, -0.05) is 33.9 Å². The topological polar surface area (TPSA) is 85.6 Å². The second-order valence-corrected chi connectivity index (χ2v) is 7.18. The number of hydrogen-bond donors (Lipinski definition) is 1. The number of nitrogens with one attached hydrogen (secondary N) is 1. The smallest absolute Gasteiger partial charge is 0.221 e. The lowest BCUT2D eigenvalue weighted by atomic mass is 10.2. The van der Waals surface area contributed by atoms with Crippen molar-refractivity contribution in [1.82, 2.24) is 24.4 Å². The van der Waals surface area contributed by atoms with Crippen molar-refractivity contribution in [2.75, 3.05) is 5.32 Å². The first kappa shape index (κ1) is 16.9. The van der Waals surface area contributed by atoms with Crippen LogP contribution in [0.25, 0.3) is 5.69 Å². The molecule has 3 aromatic rings. The molecular weight excluding hydrogens is 368 g/mol. The third-order valence-electron chi connectivity index (χ3n) is 3.07. The summed E-state index contributed by atoms with van der Waals surface area (Å²) >= 11 is 8.67. The number of aryl methyl sites for hydroxylation is 1. The van der Waals surface area contributed by atoms with E-state index in [4.69, 9.17) is 11.6 Å². The van der Waals surface area contributed by atoms with Crippen molar-refractivity contribution < 1.29 is 4.79 Å². The van der Waals surface area contributed by atoms with Crippen LogP contribution in [0.2, 0.25) is 4.34 Å². The van der Waals surface area contributed by atoms with E-state index in [2.05, 4.69) is 25.1 Å². The molecule has 0 fully saturated rings. The Morgan fingerprint density at radius 1 is 1.38 bits per heavy atom. The predicted octanol–water partition coefficient (Wildman–Crippen LogP) is 3.33. The van der Waals surface area contributed by atoms with Gasteiger partial charge in [0, 0.05) is 29.9 Å². The molecule has 0 spiro atoms. The Morgan fingerprint density at radius 3 is 2.92 bits per heavy atom. The zero-order chi connectivity index (χ0) is 17.1. The first-order valence-electron chi connectivity index (χ1n) is 6.94. The predicted molar refractivity (Wildman–Crippen MR) is 94.9 cm³/mol. The van der Waals surface area contributed by atoms with Gasteiger partial charge in [0.2, 0.25) is 5.91 Å². The van der Waals surface area contributed by atoms with E-state index in [1.807, 2.05) is 35.8 Å². The van der Waals surface area contributed by atoms with Crippen LogP contribution in [0.5, 0.6) is 0 Å². The summed E-state index contributed by atoms with van der Waals surface area (Å²) in [5.41, 5.74) is 2.32. The Labute approximate surface area is 151 Å². The minimum Gasteiger partial charge on any atom is -0.326 e. The van der Waals surface area contributed by atoms with Gasteiger partial charge in [-0.2, -0.15) is 0 Å². The zero-order valence-corrected chi connectivity index (χ0v) is 15.2. The minimum atomic E-state index is -0.118. The van der Waals surface area contributed by atoms with Gasteiger partial charge in [-0.15, -0.1) is 15.3 Å². The van der Waals surface area contributed by atoms with Gasteiger partial charge in [-0.25, -0.2) is 0 Å². The zero-order valence-electron chi connectivity index (χ0n) is 12.9. The van der Waals surface area contributed by atoms with Crippen LogP contribution in [0, 0.1) is 6.92 Å². The molecule has 3 rings (SSSR count). The molecule has 1 N–H and O–H groups in total. The van der Waals surface area contributed by atoms with Crippen molar-refractivity contribution >= 4 is 46.5 Å². The Kier molecular flexibility index (Phi) is 5.12. The third kappa shape index (κ3) is 3.74. The molecule has 0 aliphatic heterocycles. The van der Waals surface area contributed by atoms with E-state index in [1.54, 1.807) is 0 Å². The molecule has 0 saturated carbocycles. The second kappa shape index (κ2) is 7.29. The van der Waals surface area contributed by atoms with Crippen LogP contribution in [-0.4, -0.2) is 30.3 Å². The highest BCUT2D eigenvalue weighted by Gasteiger charge is 2.14. The van der Waals surface area contributed by atoms with Crippen LogP contribution >= 0.6 is 34.9 Å². The summed E-state index contributed by atoms with van der Waals surface area (Å²) < 4.78 is 6.32. The molecule has 124 valence electrons. The van der Waals surface area contributed by atoms with Crippen LogP contribution in [-0.2, 0) is 10.5 Å². The Bertz CT molecular complexity index is 878. The standard InChI is InChI=1S/C14H13ClN6OS2/c1-8-17-19-14(23-7-12-13(15)24-20-18-12)21(8)11-5-3-4-10(6-11)16-9(2)22/h3-6H,7H2,1-2H3,(H,16,22). The fraction of sp³-hybridized carbons (Fsp3) is 0.214. The van der Waals surface area contributed by atoms with Crippen molar-refractivity contribution in [1.29, 1.82) is 0 Å². The maximum atomic E-state index is 11.2. The van der Waals surface area contributed by atoms with E-state index < -0.39 is 0 Å². The molecule has 10 heteroatoms. The monoisotopic (exact) mass is 380 g/mol. The highest BCUT2D eigenvalue weighted by molar-refractivity contribution is 7.98. The van der Waals surface area contributed by atoms with Crippen LogP contribution in [0.3, 0.4) is 0 Å². The van der Waals surface area contributed by atoms with Crippen LogP contribution in [0.15, 0.2) is 29.4 Å². The van der Waals surface area contributed by atoms with E-state index >= 15 is 0 Å². The van der Waals surface area contributed by atoms with E-state index in [9.17, 15) is 4.79 Å². The Morgan fingerprint density at radius 2 is 2.21 bits per heavy atom. The van der Waals surface area contributed by atoms with Crippen LogP contribution in [0.4, 0.5) is 5.69 Å². The number of rotatable bonds is 5. The number of aromatic nitrogens is 5. The average Bonchev–Trinajstić information content (AvgIpc) is 3.10. The van der Waals surface area contributed by atoms with Crippen molar-refractivity contribution in [2.24, 2.45) is 0 Å². The fourth-order valence-electron chi connectivity index (χ4n) is 2.08. The molecule has 1 aromatic carbocycles. The molecule has 2 heterocycles. The molecule has 2 aromatic heterocycles. The molecule has 1 amide bonds. The number of thioether (sulfide) groups is 1. The van der Waals surface area contributed by atoms with Gasteiger partial charge in [-0.3, -0.25) is 9.36 Å². The fourth-order valence-corrected chi connectivity index (χ4v) is 3.81. The average molecular weight is 381 g/mol. The highest BCUT2D eigenvalue weighted by Crippen LogP contribution is 2.28. The van der Waals surface area contributed by atoms with Crippen molar-refractivity contribution in [2.45, 2.75) is 24.8 Å². The normalized spacial score (nSPS) is 10.8. The molecule has 24 heavy (non-hydrogen) atoms. The van der Waals surface area contributed by atoms with E-state index in [0.717, 1.165) is 39.6 Å². The summed E-state index contributed by atoms with van der Waals surface area (Å²) in [5.74, 6) is 1.19. The molecule has 0 unspecified atom stereocenters. The number of halogens is 1. The summed E-state index contributed by atoms with van der Waals surface area (Å²) in [4.78, 5) is 11.2. The molecule has 0 aliphatic rings. The summed E-state index contributed by atoms with van der Waals surface area (Å²) in [5, 5.41) is 15.8. The first-order chi connectivity index (χ1) is 11.5. The Hall–Kier alpha value is -1.97. The number of benzene rings is 1. The molecule has 0 radical (unpaired) electrons. The number of anilines is 1. The minimum absolute atomic E-state index is 0.118. The van der Waals surface area contributed by atoms with Crippen LogP contribution < -0.4 is 5.32 Å². The van der Waals surface area contributed by atoms with E-state index in [-0.39, 0.29) is 5.91 Å². The maximum absolute atomic E-state index is 11.2. The summed E-state index contributed by atoms with van der Waals surface area (Å²) in [6.45, 7) is 3.35. The van der Waals surface area contributed by atoms with Gasteiger partial charge in [0.05, 0.1) is 5.69 Å². The number of carbonyl (C=O) groups is 1. The summed E-state index contributed by atoms with van der Waals surface area (Å²) in [7, 11) is 0. The molecule has 0 bridgehead atoms. The lowest BCUT2D eigenvalue weighted by molar-refractivity contribution is -0.114. The largest absolute Gasteiger partial charge is 0.326 e. The molecule has 0 aliphatic carbocycles. The number of carbonyl (C=O) groups excluding carboxylic acids is 1. The van der Waals surface area contributed by atoms with Crippen molar-refractivity contribution in [3.8, 4) is 5.69 Å². The highest BCUT2D eigenvalue weighted by atomic mass is 35.5. The quantitative estimate of drug-likeness (QED) is 0.683. The molecule has 0 atom stereocenters. The molecular formula is C14H13ClN6OS2. The van der Waals surface area contributed by atoms with E-state index in [0.29, 0.717) is 10.1 Å². The lowest BCUT2D eigenvalue weighted by Crippen LogP contribution is -2.07. The second-order valence-electron chi connectivity index (χ2n) is 4.88. The maximum Gasteiger partial charge on any atom is 0.221 e. The summed E-state index contributed by atoms with van der Waals surface area (Å²) in [6.07, 6.45) is 0. The number of amides is 1. The van der Waals surface area contributed by atoms with Crippen molar-refractivity contribution in [3.63, 3.8) is 0 Å².